The van der Waals surface area contributed by atoms with E-state index in [1.54, 1.807) is 26.0 Å². The number of non-ortho nitro benzene ring substituents is 1. The van der Waals surface area contributed by atoms with Crippen molar-refractivity contribution in [1.82, 2.24) is 0 Å². The SMILES string of the molecule is Cc1cc(C)c(N(CC(F)CF)S(=O)(=O)c2ccc([N+](=O)[O-])cc2)c(C)c1. The Morgan fingerprint density at radius 1 is 1.11 bits per heavy atom. The van der Waals surface area contributed by atoms with E-state index in [0.29, 0.717) is 11.1 Å². The predicted octanol–water partition coefficient (Wildman–Crippen LogP) is 4.02. The predicted molar refractivity (Wildman–Crippen MR) is 99.2 cm³/mol. The quantitative estimate of drug-likeness (QED) is 0.521. The van der Waals surface area contributed by atoms with Crippen LogP contribution < -0.4 is 4.31 Å². The second-order valence-electron chi connectivity index (χ2n) is 6.29. The maximum absolute atomic E-state index is 13.9. The smallest absolute Gasteiger partial charge is 0.263 e. The average Bonchev–Trinajstić information content (AvgIpc) is 2.59. The van der Waals surface area contributed by atoms with Crippen LogP contribution in [0.25, 0.3) is 0 Å². The minimum atomic E-state index is -4.26. The molecule has 2 rings (SSSR count). The monoisotopic (exact) mass is 398 g/mol. The molecule has 0 spiro atoms. The van der Waals surface area contributed by atoms with Crippen molar-refractivity contribution >= 4 is 21.4 Å². The molecule has 0 aliphatic carbocycles. The van der Waals surface area contributed by atoms with Crippen LogP contribution in [0.15, 0.2) is 41.3 Å². The van der Waals surface area contributed by atoms with Gasteiger partial charge in [0.1, 0.15) is 12.8 Å². The lowest BCUT2D eigenvalue weighted by Gasteiger charge is -2.28. The summed E-state index contributed by atoms with van der Waals surface area (Å²) in [5.41, 5.74) is 2.11. The summed E-state index contributed by atoms with van der Waals surface area (Å²) in [5.74, 6) is 0. The second-order valence-corrected chi connectivity index (χ2v) is 8.15. The number of hydrogen-bond acceptors (Lipinski definition) is 4. The molecule has 146 valence electrons. The van der Waals surface area contributed by atoms with E-state index in [-0.39, 0.29) is 16.3 Å². The summed E-state index contributed by atoms with van der Waals surface area (Å²) in [4.78, 5) is 9.89. The van der Waals surface area contributed by atoms with Crippen molar-refractivity contribution in [1.29, 1.82) is 0 Å². The number of rotatable bonds is 7. The van der Waals surface area contributed by atoms with Crippen molar-refractivity contribution in [3.63, 3.8) is 0 Å². The minimum Gasteiger partial charge on any atom is -0.263 e. The van der Waals surface area contributed by atoms with Gasteiger partial charge in [-0.2, -0.15) is 0 Å². The van der Waals surface area contributed by atoms with Crippen LogP contribution in [-0.4, -0.2) is 32.7 Å². The zero-order valence-electron chi connectivity index (χ0n) is 15.1. The van der Waals surface area contributed by atoms with Crippen LogP contribution in [-0.2, 0) is 10.0 Å². The van der Waals surface area contributed by atoms with Gasteiger partial charge in [0, 0.05) is 12.1 Å². The molecule has 0 heterocycles. The highest BCUT2D eigenvalue weighted by atomic mass is 32.2. The maximum atomic E-state index is 13.9. The van der Waals surface area contributed by atoms with Gasteiger partial charge in [0.15, 0.2) is 0 Å². The molecule has 0 bridgehead atoms. The van der Waals surface area contributed by atoms with E-state index < -0.39 is 34.3 Å². The van der Waals surface area contributed by atoms with Crippen LogP contribution in [0.5, 0.6) is 0 Å². The summed E-state index contributed by atoms with van der Waals surface area (Å²) >= 11 is 0. The first-order chi connectivity index (χ1) is 12.6. The maximum Gasteiger partial charge on any atom is 0.269 e. The minimum absolute atomic E-state index is 0.237. The molecule has 0 aromatic heterocycles. The fourth-order valence-electron chi connectivity index (χ4n) is 2.97. The van der Waals surface area contributed by atoms with Crippen molar-refractivity contribution in [2.45, 2.75) is 31.8 Å². The van der Waals surface area contributed by atoms with E-state index in [2.05, 4.69) is 0 Å². The Balaban J connectivity index is 2.61. The number of sulfonamides is 1. The molecule has 0 saturated heterocycles. The number of anilines is 1. The van der Waals surface area contributed by atoms with Crippen molar-refractivity contribution in [2.75, 3.05) is 17.5 Å². The Morgan fingerprint density at radius 2 is 1.63 bits per heavy atom. The Labute approximate surface area is 156 Å². The Kier molecular flexibility index (Phi) is 6.15. The van der Waals surface area contributed by atoms with Gasteiger partial charge in [-0.1, -0.05) is 17.7 Å². The topological polar surface area (TPSA) is 80.5 Å². The van der Waals surface area contributed by atoms with Crippen LogP contribution in [0.2, 0.25) is 0 Å². The molecule has 0 amide bonds. The van der Waals surface area contributed by atoms with Crippen LogP contribution in [0.3, 0.4) is 0 Å². The average molecular weight is 398 g/mol. The summed E-state index contributed by atoms with van der Waals surface area (Å²) in [7, 11) is -4.26. The van der Waals surface area contributed by atoms with Crippen LogP contribution in [0.4, 0.5) is 20.2 Å². The number of nitro groups is 1. The first-order valence-electron chi connectivity index (χ1n) is 8.13. The lowest BCUT2D eigenvalue weighted by molar-refractivity contribution is -0.384. The van der Waals surface area contributed by atoms with Gasteiger partial charge in [0.25, 0.3) is 15.7 Å². The van der Waals surface area contributed by atoms with Gasteiger partial charge in [-0.05, 0) is 44.0 Å². The summed E-state index contributed by atoms with van der Waals surface area (Å²) in [6.07, 6.45) is -2.00. The van der Waals surface area contributed by atoms with E-state index in [1.807, 2.05) is 6.92 Å². The van der Waals surface area contributed by atoms with Gasteiger partial charge >= 0.3 is 0 Å². The lowest BCUT2D eigenvalue weighted by atomic mass is 10.1. The number of hydrogen-bond donors (Lipinski definition) is 0. The van der Waals surface area contributed by atoms with Crippen molar-refractivity contribution < 1.29 is 22.1 Å². The van der Waals surface area contributed by atoms with Gasteiger partial charge in [-0.15, -0.1) is 0 Å². The van der Waals surface area contributed by atoms with Gasteiger partial charge in [0.05, 0.1) is 22.1 Å². The molecule has 0 aliphatic rings. The highest BCUT2D eigenvalue weighted by Gasteiger charge is 2.30. The molecule has 6 nitrogen and oxygen atoms in total. The number of nitro benzene ring substituents is 1. The molecule has 1 atom stereocenters. The van der Waals surface area contributed by atoms with Crippen molar-refractivity contribution in [2.24, 2.45) is 0 Å². The second kappa shape index (κ2) is 7.99. The van der Waals surface area contributed by atoms with Crippen molar-refractivity contribution in [3.8, 4) is 0 Å². The van der Waals surface area contributed by atoms with Crippen LogP contribution in [0.1, 0.15) is 16.7 Å². The molecule has 9 heteroatoms. The van der Waals surface area contributed by atoms with Gasteiger partial charge in [0.2, 0.25) is 0 Å². The van der Waals surface area contributed by atoms with E-state index in [0.717, 1.165) is 34.1 Å². The van der Waals surface area contributed by atoms with Crippen molar-refractivity contribution in [3.05, 3.63) is 63.2 Å². The molecule has 1 unspecified atom stereocenters. The standard InChI is InChI=1S/C18H20F2N2O4S/c1-12-8-13(2)18(14(3)9-12)21(11-15(20)10-19)27(25,26)17-6-4-16(5-7-17)22(23)24/h4-9,15H,10-11H2,1-3H3. The van der Waals surface area contributed by atoms with Crippen LogP contribution in [0, 0.1) is 30.9 Å². The molecule has 0 fully saturated rings. The molecule has 2 aromatic rings. The van der Waals surface area contributed by atoms with Gasteiger partial charge in [-0.3, -0.25) is 14.4 Å². The van der Waals surface area contributed by atoms with E-state index in [4.69, 9.17) is 0 Å². The molecule has 0 aliphatic heterocycles. The Hall–Kier alpha value is -2.55. The summed E-state index contributed by atoms with van der Waals surface area (Å²) in [6, 6.07) is 7.79. The Morgan fingerprint density at radius 3 is 2.07 bits per heavy atom. The third-order valence-electron chi connectivity index (χ3n) is 4.05. The van der Waals surface area contributed by atoms with Gasteiger partial charge < -0.3 is 0 Å². The highest BCUT2D eigenvalue weighted by molar-refractivity contribution is 7.92. The number of halogens is 2. The number of benzene rings is 2. The van der Waals surface area contributed by atoms with Crippen LogP contribution >= 0.6 is 0 Å². The molecule has 27 heavy (non-hydrogen) atoms. The molecular weight excluding hydrogens is 378 g/mol. The summed E-state index contributed by atoms with van der Waals surface area (Å²) in [6.45, 7) is 3.21. The third kappa shape index (κ3) is 4.41. The summed E-state index contributed by atoms with van der Waals surface area (Å²) in [5, 5.41) is 10.8. The molecule has 0 radical (unpaired) electrons. The fourth-order valence-corrected chi connectivity index (χ4v) is 4.59. The zero-order valence-corrected chi connectivity index (χ0v) is 16.0. The molecular formula is C18H20F2N2O4S. The first-order valence-corrected chi connectivity index (χ1v) is 9.57. The highest BCUT2D eigenvalue weighted by Crippen LogP contribution is 2.32. The largest absolute Gasteiger partial charge is 0.269 e. The third-order valence-corrected chi connectivity index (χ3v) is 5.83. The van der Waals surface area contributed by atoms with Gasteiger partial charge in [-0.25, -0.2) is 17.2 Å². The molecule has 0 N–H and O–H groups in total. The zero-order chi connectivity index (χ0) is 20.4. The molecule has 2 aromatic carbocycles. The molecule has 0 saturated carbocycles. The van der Waals surface area contributed by atoms with E-state index in [1.165, 1.54) is 0 Å². The summed E-state index contributed by atoms with van der Waals surface area (Å²) < 4.78 is 53.7. The number of nitrogens with zero attached hydrogens (tertiary/aromatic N) is 2. The Bertz CT molecular complexity index is 923. The number of alkyl halides is 2. The van der Waals surface area contributed by atoms with E-state index >= 15 is 0 Å². The number of aryl methyl sites for hydroxylation is 3. The first kappa shape index (κ1) is 20.8. The normalized spacial score (nSPS) is 12.6. The lowest BCUT2D eigenvalue weighted by Crippen LogP contribution is -2.38. The van der Waals surface area contributed by atoms with E-state index in [9.17, 15) is 27.3 Å². The fraction of sp³-hybridized carbons (Fsp3) is 0.333.